The number of nitrogens with zero attached hydrogens (tertiary/aromatic N) is 1. The summed E-state index contributed by atoms with van der Waals surface area (Å²) in [7, 11) is 0. The minimum Gasteiger partial charge on any atom is -0.324 e. The molecule has 0 saturated carbocycles. The fourth-order valence-electron chi connectivity index (χ4n) is 2.49. The van der Waals surface area contributed by atoms with Crippen LogP contribution in [-0.2, 0) is 9.59 Å². The summed E-state index contributed by atoms with van der Waals surface area (Å²) in [5.41, 5.74) is 4.36. The van der Waals surface area contributed by atoms with E-state index in [0.29, 0.717) is 10.7 Å². The summed E-state index contributed by atoms with van der Waals surface area (Å²) < 4.78 is 0. The number of hydrogen-bond acceptors (Lipinski definition) is 2. The van der Waals surface area contributed by atoms with Gasteiger partial charge >= 0.3 is 0 Å². The van der Waals surface area contributed by atoms with Gasteiger partial charge in [-0.05, 0) is 50.1 Å². The summed E-state index contributed by atoms with van der Waals surface area (Å²) in [4.78, 5) is 25.8. The minimum atomic E-state index is -0.273. The molecule has 0 aliphatic carbocycles. The van der Waals surface area contributed by atoms with E-state index in [4.69, 9.17) is 11.6 Å². The largest absolute Gasteiger partial charge is 0.324 e. The van der Waals surface area contributed by atoms with Gasteiger partial charge in [-0.25, -0.2) is 0 Å². The lowest BCUT2D eigenvalue weighted by molar-refractivity contribution is -0.120. The second-order valence-electron chi connectivity index (χ2n) is 5.91. The highest BCUT2D eigenvalue weighted by Gasteiger charge is 2.17. The molecule has 2 rings (SSSR count). The Balaban J connectivity index is 2.16. The summed E-state index contributed by atoms with van der Waals surface area (Å²) in [5.74, 6) is -0.455. The van der Waals surface area contributed by atoms with Crippen molar-refractivity contribution in [2.75, 3.05) is 16.8 Å². The van der Waals surface area contributed by atoms with Crippen molar-refractivity contribution in [3.8, 4) is 0 Å². The Morgan fingerprint density at radius 3 is 2.33 bits per heavy atom. The third-order valence-corrected chi connectivity index (χ3v) is 4.19. The number of carbonyl (C=O) groups is 2. The molecule has 0 aliphatic rings. The molecule has 4 nitrogen and oxygen atoms in total. The molecule has 2 aromatic rings. The first kappa shape index (κ1) is 18.0. The molecule has 0 aromatic heterocycles. The molecular formula is C19H21ClN2O2. The standard InChI is InChI=1S/C19H21ClN2O2/c1-12-5-8-18(14(3)9-12)22(15(4)23)11-19(24)21-16-7-6-13(2)17(20)10-16/h5-10H,11H2,1-4H3,(H,21,24). The number of aryl methyl sites for hydroxylation is 3. The van der Waals surface area contributed by atoms with E-state index in [1.807, 2.05) is 45.0 Å². The lowest BCUT2D eigenvalue weighted by Gasteiger charge is -2.23. The first-order chi connectivity index (χ1) is 11.3. The first-order valence-electron chi connectivity index (χ1n) is 7.69. The molecule has 0 spiro atoms. The molecule has 0 bridgehead atoms. The van der Waals surface area contributed by atoms with E-state index >= 15 is 0 Å². The van der Waals surface area contributed by atoms with Gasteiger partial charge in [-0.1, -0.05) is 35.4 Å². The van der Waals surface area contributed by atoms with Crippen LogP contribution in [0.5, 0.6) is 0 Å². The maximum atomic E-state index is 12.3. The van der Waals surface area contributed by atoms with Crippen LogP contribution in [0.3, 0.4) is 0 Å². The smallest absolute Gasteiger partial charge is 0.244 e. The predicted molar refractivity (Wildman–Crippen MR) is 98.8 cm³/mol. The normalized spacial score (nSPS) is 10.4. The van der Waals surface area contributed by atoms with Crippen LogP contribution < -0.4 is 10.2 Å². The van der Waals surface area contributed by atoms with Crippen LogP contribution in [0.25, 0.3) is 0 Å². The zero-order chi connectivity index (χ0) is 17.9. The van der Waals surface area contributed by atoms with E-state index < -0.39 is 0 Å². The van der Waals surface area contributed by atoms with Crippen molar-refractivity contribution in [1.29, 1.82) is 0 Å². The van der Waals surface area contributed by atoms with Crippen molar-refractivity contribution < 1.29 is 9.59 Å². The SMILES string of the molecule is CC(=O)N(CC(=O)Nc1ccc(C)c(Cl)c1)c1ccc(C)cc1C. The Kier molecular flexibility index (Phi) is 5.62. The lowest BCUT2D eigenvalue weighted by atomic mass is 10.1. The Labute approximate surface area is 147 Å². The van der Waals surface area contributed by atoms with Gasteiger partial charge in [0.25, 0.3) is 0 Å². The maximum absolute atomic E-state index is 12.3. The second-order valence-corrected chi connectivity index (χ2v) is 6.31. The Hall–Kier alpha value is -2.33. The zero-order valence-corrected chi connectivity index (χ0v) is 15.1. The molecule has 0 unspecified atom stereocenters. The van der Waals surface area contributed by atoms with Gasteiger partial charge in [-0.3, -0.25) is 9.59 Å². The molecule has 5 heteroatoms. The van der Waals surface area contributed by atoms with Crippen LogP contribution in [0.2, 0.25) is 5.02 Å². The van der Waals surface area contributed by atoms with Gasteiger partial charge in [-0.15, -0.1) is 0 Å². The first-order valence-corrected chi connectivity index (χ1v) is 8.07. The fraction of sp³-hybridized carbons (Fsp3) is 0.263. The molecule has 0 fully saturated rings. The van der Waals surface area contributed by atoms with E-state index in [9.17, 15) is 9.59 Å². The van der Waals surface area contributed by atoms with Crippen molar-refractivity contribution in [2.45, 2.75) is 27.7 Å². The van der Waals surface area contributed by atoms with Crippen molar-refractivity contribution in [2.24, 2.45) is 0 Å². The van der Waals surface area contributed by atoms with Gasteiger partial charge < -0.3 is 10.2 Å². The average molecular weight is 345 g/mol. The molecule has 2 amide bonds. The summed E-state index contributed by atoms with van der Waals surface area (Å²) in [5, 5.41) is 3.37. The van der Waals surface area contributed by atoms with Crippen molar-refractivity contribution in [3.05, 3.63) is 58.1 Å². The average Bonchev–Trinajstić information content (AvgIpc) is 2.49. The molecule has 1 N–H and O–H groups in total. The van der Waals surface area contributed by atoms with Gasteiger partial charge in [0.1, 0.15) is 6.54 Å². The number of nitrogens with one attached hydrogen (secondary N) is 1. The number of hydrogen-bond donors (Lipinski definition) is 1. The monoisotopic (exact) mass is 344 g/mol. The third kappa shape index (κ3) is 4.36. The minimum absolute atomic E-state index is 0.0509. The van der Waals surface area contributed by atoms with Crippen LogP contribution in [0.4, 0.5) is 11.4 Å². The highest BCUT2D eigenvalue weighted by Crippen LogP contribution is 2.22. The highest BCUT2D eigenvalue weighted by atomic mass is 35.5. The van der Waals surface area contributed by atoms with Crippen molar-refractivity contribution >= 4 is 34.8 Å². The van der Waals surface area contributed by atoms with Crippen LogP contribution in [-0.4, -0.2) is 18.4 Å². The predicted octanol–water partition coefficient (Wildman–Crippen LogP) is 4.26. The number of anilines is 2. The van der Waals surface area contributed by atoms with Gasteiger partial charge in [0.2, 0.25) is 11.8 Å². The Morgan fingerprint density at radius 2 is 1.75 bits per heavy atom. The molecule has 24 heavy (non-hydrogen) atoms. The Morgan fingerprint density at radius 1 is 1.04 bits per heavy atom. The quantitative estimate of drug-likeness (QED) is 0.901. The van der Waals surface area contributed by atoms with Crippen molar-refractivity contribution in [1.82, 2.24) is 0 Å². The van der Waals surface area contributed by atoms with Crippen LogP contribution in [0.15, 0.2) is 36.4 Å². The lowest BCUT2D eigenvalue weighted by Crippen LogP contribution is -2.37. The van der Waals surface area contributed by atoms with Gasteiger partial charge in [0.05, 0.1) is 0 Å². The third-order valence-electron chi connectivity index (χ3n) is 3.78. The van der Waals surface area contributed by atoms with E-state index in [1.165, 1.54) is 11.8 Å². The molecule has 126 valence electrons. The summed E-state index contributed by atoms with van der Waals surface area (Å²) in [6, 6.07) is 11.1. The van der Waals surface area contributed by atoms with E-state index in [2.05, 4.69) is 5.32 Å². The van der Waals surface area contributed by atoms with Gasteiger partial charge in [0.15, 0.2) is 0 Å². The second kappa shape index (κ2) is 7.49. The van der Waals surface area contributed by atoms with Gasteiger partial charge in [-0.2, -0.15) is 0 Å². The number of amides is 2. The molecule has 0 saturated heterocycles. The van der Waals surface area contributed by atoms with Crippen LogP contribution in [0, 0.1) is 20.8 Å². The molecule has 0 heterocycles. The molecule has 0 atom stereocenters. The van der Waals surface area contributed by atoms with E-state index in [1.54, 1.807) is 12.1 Å². The number of rotatable bonds is 4. The highest BCUT2D eigenvalue weighted by molar-refractivity contribution is 6.31. The molecular weight excluding hydrogens is 324 g/mol. The van der Waals surface area contributed by atoms with Crippen LogP contribution in [0.1, 0.15) is 23.6 Å². The van der Waals surface area contributed by atoms with Crippen molar-refractivity contribution in [3.63, 3.8) is 0 Å². The maximum Gasteiger partial charge on any atom is 0.244 e. The van der Waals surface area contributed by atoms with Gasteiger partial charge in [0, 0.05) is 23.3 Å². The van der Waals surface area contributed by atoms with Crippen LogP contribution >= 0.6 is 11.6 Å². The summed E-state index contributed by atoms with van der Waals surface area (Å²) in [6.45, 7) is 7.21. The summed E-state index contributed by atoms with van der Waals surface area (Å²) in [6.07, 6.45) is 0. The van der Waals surface area contributed by atoms with E-state index in [-0.39, 0.29) is 18.4 Å². The molecule has 0 radical (unpaired) electrons. The zero-order valence-electron chi connectivity index (χ0n) is 14.3. The fourth-order valence-corrected chi connectivity index (χ4v) is 2.67. The molecule has 0 aliphatic heterocycles. The summed E-state index contributed by atoms with van der Waals surface area (Å²) >= 11 is 6.07. The molecule has 2 aromatic carbocycles. The van der Waals surface area contributed by atoms with E-state index in [0.717, 1.165) is 22.4 Å². The number of halogens is 1. The number of benzene rings is 2. The topological polar surface area (TPSA) is 49.4 Å². The Bertz CT molecular complexity index is 787. The number of carbonyl (C=O) groups excluding carboxylic acids is 2.